The van der Waals surface area contributed by atoms with Gasteiger partial charge in [-0.3, -0.25) is 0 Å². The fourth-order valence-electron chi connectivity index (χ4n) is 0.887. The Morgan fingerprint density at radius 2 is 2.31 bits per heavy atom. The Balaban J connectivity index is 2.87. The van der Waals surface area contributed by atoms with Gasteiger partial charge in [-0.05, 0) is 11.6 Å². The summed E-state index contributed by atoms with van der Waals surface area (Å²) in [5.74, 6) is -1.05. The lowest BCUT2D eigenvalue weighted by molar-refractivity contribution is 0.0690. The number of rotatable bonds is 3. The number of pyridine rings is 1. The van der Waals surface area contributed by atoms with Gasteiger partial charge in [-0.25, -0.2) is 9.78 Å². The molecule has 1 atom stereocenters. The Labute approximate surface area is 75.4 Å². The van der Waals surface area contributed by atoms with E-state index in [1.807, 2.05) is 0 Å². The molecule has 0 aliphatic carbocycles. The monoisotopic (exact) mass is 181 g/mol. The van der Waals surface area contributed by atoms with Crippen LogP contribution in [0.4, 0.5) is 0 Å². The van der Waals surface area contributed by atoms with E-state index in [4.69, 9.17) is 16.6 Å². The highest BCUT2D eigenvalue weighted by atomic mass is 16.4. The molecule has 1 rings (SSSR count). The molecule has 0 aliphatic rings. The summed E-state index contributed by atoms with van der Waals surface area (Å²) in [6, 6.07) is 2.75. The fraction of sp³-hybridized carbons (Fsp3) is 0.250. The van der Waals surface area contributed by atoms with Crippen molar-refractivity contribution in [2.45, 2.75) is 6.04 Å². The number of carbonyl (C=O) groups is 1. The van der Waals surface area contributed by atoms with Crippen LogP contribution in [0.2, 0.25) is 0 Å². The third-order valence-corrected chi connectivity index (χ3v) is 1.69. The molecule has 70 valence electrons. The molecule has 1 aromatic rings. The summed E-state index contributed by atoms with van der Waals surface area (Å²) in [6.45, 7) is 0.314. The highest BCUT2D eigenvalue weighted by Gasteiger charge is 2.06. The van der Waals surface area contributed by atoms with Crippen LogP contribution < -0.4 is 11.5 Å². The van der Waals surface area contributed by atoms with Crippen LogP contribution in [0.1, 0.15) is 22.1 Å². The predicted molar refractivity (Wildman–Crippen MR) is 47.2 cm³/mol. The number of aromatic carboxylic acids is 1. The van der Waals surface area contributed by atoms with Crippen LogP contribution >= 0.6 is 0 Å². The summed E-state index contributed by atoms with van der Waals surface area (Å²) < 4.78 is 0. The first-order valence-electron chi connectivity index (χ1n) is 3.80. The second-order valence-electron chi connectivity index (χ2n) is 2.62. The Kier molecular flexibility index (Phi) is 2.94. The Bertz CT molecular complexity index is 297. The lowest BCUT2D eigenvalue weighted by atomic mass is 10.1. The van der Waals surface area contributed by atoms with Crippen LogP contribution in [0.25, 0.3) is 0 Å². The van der Waals surface area contributed by atoms with Crippen molar-refractivity contribution in [2.75, 3.05) is 6.54 Å². The molecule has 1 heterocycles. The van der Waals surface area contributed by atoms with Crippen LogP contribution in [0, 0.1) is 0 Å². The van der Waals surface area contributed by atoms with Gasteiger partial charge in [-0.15, -0.1) is 0 Å². The normalized spacial score (nSPS) is 12.5. The Hall–Kier alpha value is -1.46. The molecule has 0 aromatic carbocycles. The number of hydrogen-bond acceptors (Lipinski definition) is 4. The molecule has 0 fully saturated rings. The number of nitrogens with zero attached hydrogens (tertiary/aromatic N) is 1. The van der Waals surface area contributed by atoms with E-state index >= 15 is 0 Å². The van der Waals surface area contributed by atoms with Gasteiger partial charge >= 0.3 is 5.97 Å². The van der Waals surface area contributed by atoms with Crippen molar-refractivity contribution in [1.29, 1.82) is 0 Å². The minimum atomic E-state index is -1.05. The molecule has 0 radical (unpaired) electrons. The van der Waals surface area contributed by atoms with Gasteiger partial charge in [-0.1, -0.05) is 6.07 Å². The van der Waals surface area contributed by atoms with E-state index in [2.05, 4.69) is 4.98 Å². The van der Waals surface area contributed by atoms with Crippen molar-refractivity contribution in [2.24, 2.45) is 11.5 Å². The molecular formula is C8H11N3O2. The van der Waals surface area contributed by atoms with E-state index in [1.165, 1.54) is 12.3 Å². The van der Waals surface area contributed by atoms with Crippen LogP contribution in [0.15, 0.2) is 18.3 Å². The number of carboxylic acids is 1. The first kappa shape index (κ1) is 9.63. The Morgan fingerprint density at radius 3 is 2.69 bits per heavy atom. The first-order valence-corrected chi connectivity index (χ1v) is 3.80. The van der Waals surface area contributed by atoms with Gasteiger partial charge in [0.25, 0.3) is 0 Å². The van der Waals surface area contributed by atoms with E-state index in [9.17, 15) is 4.79 Å². The van der Waals surface area contributed by atoms with E-state index in [-0.39, 0.29) is 11.7 Å². The zero-order valence-electron chi connectivity index (χ0n) is 6.97. The topological polar surface area (TPSA) is 102 Å². The van der Waals surface area contributed by atoms with E-state index < -0.39 is 5.97 Å². The summed E-state index contributed by atoms with van der Waals surface area (Å²) in [7, 11) is 0. The third-order valence-electron chi connectivity index (χ3n) is 1.69. The molecule has 0 bridgehead atoms. The summed E-state index contributed by atoms with van der Waals surface area (Å²) in [5.41, 5.74) is 11.7. The predicted octanol–water partition coefficient (Wildman–Crippen LogP) is -0.262. The van der Waals surface area contributed by atoms with Gasteiger partial charge in [0, 0.05) is 18.8 Å². The van der Waals surface area contributed by atoms with Gasteiger partial charge in [0.15, 0.2) is 0 Å². The molecule has 1 aromatic heterocycles. The average molecular weight is 181 g/mol. The minimum absolute atomic E-state index is 0.00738. The number of aromatic nitrogens is 1. The highest BCUT2D eigenvalue weighted by molar-refractivity contribution is 5.85. The lowest BCUT2D eigenvalue weighted by Crippen LogP contribution is -2.21. The molecule has 0 amide bonds. The zero-order valence-corrected chi connectivity index (χ0v) is 6.97. The number of carboxylic acid groups (broad SMARTS) is 1. The van der Waals surface area contributed by atoms with Crippen molar-refractivity contribution >= 4 is 5.97 Å². The van der Waals surface area contributed by atoms with E-state index in [0.717, 1.165) is 5.56 Å². The van der Waals surface area contributed by atoms with Crippen LogP contribution in [0.5, 0.6) is 0 Å². The van der Waals surface area contributed by atoms with Gasteiger partial charge in [0.1, 0.15) is 5.69 Å². The standard InChI is InChI=1S/C8H11N3O2/c9-3-6(10)5-1-2-7(8(12)13)11-4-5/h1-2,4,6H,3,9-10H2,(H,12,13)/t6-/m1/s1. The van der Waals surface area contributed by atoms with Crippen molar-refractivity contribution in [3.63, 3.8) is 0 Å². The fourth-order valence-corrected chi connectivity index (χ4v) is 0.887. The van der Waals surface area contributed by atoms with Gasteiger partial charge in [0.05, 0.1) is 0 Å². The number of nitrogens with two attached hydrogens (primary N) is 2. The molecule has 0 aliphatic heterocycles. The van der Waals surface area contributed by atoms with Gasteiger partial charge < -0.3 is 16.6 Å². The quantitative estimate of drug-likeness (QED) is 0.596. The van der Waals surface area contributed by atoms with Crippen LogP contribution in [0.3, 0.4) is 0 Å². The summed E-state index contributed by atoms with van der Waals surface area (Å²) in [4.78, 5) is 14.1. The maximum absolute atomic E-state index is 10.4. The molecule has 0 spiro atoms. The number of hydrogen-bond donors (Lipinski definition) is 3. The van der Waals surface area contributed by atoms with Crippen LogP contribution in [-0.2, 0) is 0 Å². The maximum atomic E-state index is 10.4. The maximum Gasteiger partial charge on any atom is 0.354 e. The van der Waals surface area contributed by atoms with Crippen molar-refractivity contribution < 1.29 is 9.90 Å². The molecule has 0 saturated heterocycles. The average Bonchev–Trinajstić information content (AvgIpc) is 2.17. The van der Waals surface area contributed by atoms with Crippen LogP contribution in [-0.4, -0.2) is 22.6 Å². The lowest BCUT2D eigenvalue weighted by Gasteiger charge is -2.07. The molecule has 5 N–H and O–H groups in total. The molecule has 0 saturated carbocycles. The molecule has 5 nitrogen and oxygen atoms in total. The van der Waals surface area contributed by atoms with Crippen molar-refractivity contribution in [3.8, 4) is 0 Å². The smallest absolute Gasteiger partial charge is 0.354 e. The van der Waals surface area contributed by atoms with Gasteiger partial charge in [-0.2, -0.15) is 0 Å². The third kappa shape index (κ3) is 2.24. The second-order valence-corrected chi connectivity index (χ2v) is 2.62. The molecule has 0 unspecified atom stereocenters. The highest BCUT2D eigenvalue weighted by Crippen LogP contribution is 2.07. The second kappa shape index (κ2) is 3.97. The molecular weight excluding hydrogens is 170 g/mol. The molecule has 5 heteroatoms. The summed E-state index contributed by atoms with van der Waals surface area (Å²) in [6.07, 6.45) is 1.43. The zero-order chi connectivity index (χ0) is 9.84. The molecule has 13 heavy (non-hydrogen) atoms. The largest absolute Gasteiger partial charge is 0.477 e. The van der Waals surface area contributed by atoms with Crippen molar-refractivity contribution in [1.82, 2.24) is 4.98 Å². The Morgan fingerprint density at radius 1 is 1.62 bits per heavy atom. The minimum Gasteiger partial charge on any atom is -0.477 e. The SMILES string of the molecule is NC[C@@H](N)c1ccc(C(=O)O)nc1. The summed E-state index contributed by atoms with van der Waals surface area (Å²) in [5, 5.41) is 8.55. The van der Waals surface area contributed by atoms with Crippen molar-refractivity contribution in [3.05, 3.63) is 29.6 Å². The van der Waals surface area contributed by atoms with E-state index in [0.29, 0.717) is 6.54 Å². The van der Waals surface area contributed by atoms with E-state index in [1.54, 1.807) is 6.07 Å². The first-order chi connectivity index (χ1) is 6.15. The van der Waals surface area contributed by atoms with Gasteiger partial charge in [0.2, 0.25) is 0 Å². The summed E-state index contributed by atoms with van der Waals surface area (Å²) >= 11 is 0.